The first-order valence-corrected chi connectivity index (χ1v) is 8.24. The lowest BCUT2D eigenvalue weighted by molar-refractivity contribution is 0.509. The molecule has 0 atom stereocenters. The van der Waals surface area contributed by atoms with Crippen molar-refractivity contribution in [1.29, 1.82) is 5.26 Å². The van der Waals surface area contributed by atoms with Gasteiger partial charge < -0.3 is 0 Å². The van der Waals surface area contributed by atoms with Crippen LogP contribution in [0.4, 0.5) is 4.39 Å². The molecule has 1 N–H and O–H groups in total. The van der Waals surface area contributed by atoms with Gasteiger partial charge in [-0.05, 0) is 25.0 Å². The largest absolute Gasteiger partial charge is 0.242 e. The van der Waals surface area contributed by atoms with Gasteiger partial charge in [0.1, 0.15) is 22.3 Å². The number of sulfonamides is 1. The first-order chi connectivity index (χ1) is 9.54. The summed E-state index contributed by atoms with van der Waals surface area (Å²) in [6.45, 7) is 0. The van der Waals surface area contributed by atoms with Crippen molar-refractivity contribution >= 4 is 10.0 Å². The molecule has 108 valence electrons. The Kier molecular flexibility index (Phi) is 4.73. The minimum absolute atomic E-state index is 0.127. The lowest BCUT2D eigenvalue weighted by atomic mass is 10.1. The molecule has 0 amide bonds. The van der Waals surface area contributed by atoms with Crippen molar-refractivity contribution in [1.82, 2.24) is 4.72 Å². The third-order valence-electron chi connectivity index (χ3n) is 3.55. The lowest BCUT2D eigenvalue weighted by Gasteiger charge is -2.17. The molecule has 0 aromatic heterocycles. The predicted octanol–water partition coefficient (Wildman–Crippen LogP) is 2.70. The molecule has 0 spiro atoms. The van der Waals surface area contributed by atoms with E-state index in [4.69, 9.17) is 5.26 Å². The average Bonchev–Trinajstić information content (AvgIpc) is 2.66. The Balaban J connectivity index is 2.27. The topological polar surface area (TPSA) is 70.0 Å². The summed E-state index contributed by atoms with van der Waals surface area (Å²) in [5.74, 6) is -0.809. The maximum absolute atomic E-state index is 13.5. The van der Waals surface area contributed by atoms with Gasteiger partial charge in [-0.15, -0.1) is 0 Å². The Hall–Kier alpha value is -1.45. The van der Waals surface area contributed by atoms with Gasteiger partial charge in [-0.25, -0.2) is 17.5 Å². The minimum Gasteiger partial charge on any atom is -0.208 e. The Labute approximate surface area is 118 Å². The Morgan fingerprint density at radius 2 is 1.85 bits per heavy atom. The molecule has 20 heavy (non-hydrogen) atoms. The molecule has 0 bridgehead atoms. The molecule has 1 aliphatic carbocycles. The first-order valence-electron chi connectivity index (χ1n) is 6.75. The lowest BCUT2D eigenvalue weighted by Crippen LogP contribution is -2.34. The van der Waals surface area contributed by atoms with E-state index in [0.29, 0.717) is 0 Å². The highest BCUT2D eigenvalue weighted by molar-refractivity contribution is 7.89. The number of nitrogens with zero attached hydrogens (tertiary/aromatic N) is 1. The van der Waals surface area contributed by atoms with Crippen LogP contribution in [0.25, 0.3) is 0 Å². The van der Waals surface area contributed by atoms with Crippen LogP contribution in [-0.2, 0) is 10.0 Å². The van der Waals surface area contributed by atoms with Crippen molar-refractivity contribution in [2.24, 2.45) is 0 Å². The van der Waals surface area contributed by atoms with Crippen LogP contribution in [0.2, 0.25) is 0 Å². The number of halogens is 1. The molecule has 1 aromatic rings. The molecule has 0 unspecified atom stereocenters. The Bertz CT molecular complexity index is 615. The van der Waals surface area contributed by atoms with Gasteiger partial charge in [-0.2, -0.15) is 5.26 Å². The van der Waals surface area contributed by atoms with Crippen LogP contribution in [0.1, 0.15) is 44.1 Å². The van der Waals surface area contributed by atoms with Gasteiger partial charge in [-0.1, -0.05) is 31.7 Å². The van der Waals surface area contributed by atoms with Crippen molar-refractivity contribution in [2.45, 2.75) is 49.5 Å². The van der Waals surface area contributed by atoms with E-state index in [1.165, 1.54) is 12.1 Å². The van der Waals surface area contributed by atoms with E-state index < -0.39 is 21.4 Å². The van der Waals surface area contributed by atoms with E-state index in [1.807, 2.05) is 0 Å². The molecule has 0 saturated heterocycles. The molecule has 1 aliphatic rings. The smallest absolute Gasteiger partial charge is 0.208 e. The molecule has 0 radical (unpaired) electrons. The standard InChI is InChI=1S/C14H17FN2O2S/c15-13-8-5-9-14(12(13)10-16)20(18,19)17-11-6-3-1-2-4-7-11/h5,8-9,11,17H,1-4,6-7H2. The number of hydrogen-bond acceptors (Lipinski definition) is 3. The second-order valence-corrected chi connectivity index (χ2v) is 6.72. The van der Waals surface area contributed by atoms with E-state index in [1.54, 1.807) is 6.07 Å². The quantitative estimate of drug-likeness (QED) is 0.872. The first kappa shape index (κ1) is 14.9. The van der Waals surface area contributed by atoms with Crippen LogP contribution in [0, 0.1) is 17.1 Å². The molecule has 1 fully saturated rings. The fraction of sp³-hybridized carbons (Fsp3) is 0.500. The van der Waals surface area contributed by atoms with Crippen LogP contribution in [0.3, 0.4) is 0 Å². The number of benzene rings is 1. The number of nitriles is 1. The maximum atomic E-state index is 13.5. The molecule has 1 aromatic carbocycles. The summed E-state index contributed by atoms with van der Waals surface area (Å²) in [5.41, 5.74) is -0.423. The van der Waals surface area contributed by atoms with Crippen molar-refractivity contribution in [3.05, 3.63) is 29.6 Å². The molecular weight excluding hydrogens is 279 g/mol. The van der Waals surface area contributed by atoms with Gasteiger partial charge in [0.2, 0.25) is 10.0 Å². The van der Waals surface area contributed by atoms with E-state index in [2.05, 4.69) is 4.72 Å². The van der Waals surface area contributed by atoms with Crippen LogP contribution in [0.15, 0.2) is 23.1 Å². The summed E-state index contributed by atoms with van der Waals surface area (Å²) in [6, 6.07) is 5.15. The SMILES string of the molecule is N#Cc1c(F)cccc1S(=O)(=O)NC1CCCCCC1. The van der Waals surface area contributed by atoms with Crippen LogP contribution >= 0.6 is 0 Å². The van der Waals surface area contributed by atoms with E-state index in [-0.39, 0.29) is 10.9 Å². The summed E-state index contributed by atoms with van der Waals surface area (Å²) in [7, 11) is -3.85. The zero-order valence-electron chi connectivity index (χ0n) is 11.1. The highest BCUT2D eigenvalue weighted by Gasteiger charge is 2.25. The van der Waals surface area contributed by atoms with Gasteiger partial charge in [-0.3, -0.25) is 0 Å². The molecule has 0 aliphatic heterocycles. The number of nitrogens with one attached hydrogen (secondary N) is 1. The Morgan fingerprint density at radius 3 is 2.45 bits per heavy atom. The second-order valence-electron chi connectivity index (χ2n) is 5.03. The second kappa shape index (κ2) is 6.33. The van der Waals surface area contributed by atoms with Gasteiger partial charge in [0.15, 0.2) is 0 Å². The monoisotopic (exact) mass is 296 g/mol. The molecule has 1 saturated carbocycles. The zero-order chi connectivity index (χ0) is 14.6. The zero-order valence-corrected chi connectivity index (χ0v) is 11.9. The molecule has 6 heteroatoms. The van der Waals surface area contributed by atoms with Crippen LogP contribution in [0.5, 0.6) is 0 Å². The van der Waals surface area contributed by atoms with Gasteiger partial charge in [0.05, 0.1) is 0 Å². The van der Waals surface area contributed by atoms with Crippen molar-refractivity contribution in [3.8, 4) is 6.07 Å². The summed E-state index contributed by atoms with van der Waals surface area (Å²) in [5, 5.41) is 8.93. The van der Waals surface area contributed by atoms with E-state index in [9.17, 15) is 12.8 Å². The summed E-state index contributed by atoms with van der Waals surface area (Å²) in [6.07, 6.45) is 5.78. The predicted molar refractivity (Wildman–Crippen MR) is 72.9 cm³/mol. The highest BCUT2D eigenvalue weighted by atomic mass is 32.2. The number of rotatable bonds is 3. The third-order valence-corrected chi connectivity index (χ3v) is 5.12. The summed E-state index contributed by atoms with van der Waals surface area (Å²) in [4.78, 5) is -0.274. The van der Waals surface area contributed by atoms with Gasteiger partial charge >= 0.3 is 0 Å². The third kappa shape index (κ3) is 3.35. The average molecular weight is 296 g/mol. The van der Waals surface area contributed by atoms with E-state index in [0.717, 1.165) is 44.6 Å². The van der Waals surface area contributed by atoms with Crippen LogP contribution in [-0.4, -0.2) is 14.5 Å². The van der Waals surface area contributed by atoms with Gasteiger partial charge in [0, 0.05) is 6.04 Å². The molecule has 4 nitrogen and oxygen atoms in total. The van der Waals surface area contributed by atoms with Gasteiger partial charge in [0.25, 0.3) is 0 Å². The Morgan fingerprint density at radius 1 is 1.20 bits per heavy atom. The number of hydrogen-bond donors (Lipinski definition) is 1. The van der Waals surface area contributed by atoms with Crippen molar-refractivity contribution in [3.63, 3.8) is 0 Å². The molecule has 0 heterocycles. The highest BCUT2D eigenvalue weighted by Crippen LogP contribution is 2.22. The van der Waals surface area contributed by atoms with Crippen molar-refractivity contribution in [2.75, 3.05) is 0 Å². The maximum Gasteiger partial charge on any atom is 0.242 e. The van der Waals surface area contributed by atoms with Crippen LogP contribution < -0.4 is 4.72 Å². The summed E-state index contributed by atoms with van der Waals surface area (Å²) >= 11 is 0. The fourth-order valence-electron chi connectivity index (χ4n) is 2.52. The minimum atomic E-state index is -3.85. The fourth-order valence-corrected chi connectivity index (χ4v) is 3.99. The normalized spacial score (nSPS) is 17.4. The summed E-state index contributed by atoms with van der Waals surface area (Å²) < 4.78 is 40.7. The molecule has 2 rings (SSSR count). The van der Waals surface area contributed by atoms with Crippen molar-refractivity contribution < 1.29 is 12.8 Å². The van der Waals surface area contributed by atoms with E-state index >= 15 is 0 Å². The molecular formula is C14H17FN2O2S.